The number of hydrogen-bond acceptors (Lipinski definition) is 13. The lowest BCUT2D eigenvalue weighted by molar-refractivity contribution is -0.858. The molecule has 0 spiro atoms. The number of halogens is 8. The first-order chi connectivity index (χ1) is 37.0. The lowest BCUT2D eigenvalue weighted by Crippen LogP contribution is -3.06. The van der Waals surface area contributed by atoms with Crippen molar-refractivity contribution < 1.29 is 119 Å². The predicted molar refractivity (Wildman–Crippen MR) is 272 cm³/mol. The molecular formula is C54H70F8N6O13. The minimum atomic E-state index is -2.36. The molecule has 0 amide bonds. The number of nitrogens with one attached hydrogen (secondary N) is 2. The molecule has 0 bridgehead atoms. The Bertz CT molecular complexity index is 2630. The SMILES string of the molecule is C=C(C)C(=O)OC1CC(C)(C)[NH2+]C(C)(C)C1.C=C(C)C(=O)OCC[NH+](C)C.C=C[n+]1cc[nH]c1.C=Cc1ccc([NH3+])cc1.CC(=O)[O-].CC(C)C(=O)[O-].Nc1c(F)c(F)c(C(=O)[O-])c(F)c1F.O=C(O)c1c([O-])c(F)c(F)c(F)c1F. The van der Waals surface area contributed by atoms with Crippen LogP contribution >= 0.6 is 0 Å². The molecule has 0 unspecified atom stereocenters. The number of nitrogen functional groups attached to an aromatic ring is 1. The highest BCUT2D eigenvalue weighted by molar-refractivity contribution is 5.91. The van der Waals surface area contributed by atoms with Crippen molar-refractivity contribution in [1.82, 2.24) is 4.98 Å². The Morgan fingerprint density at radius 2 is 1.22 bits per heavy atom. The second-order valence-corrected chi connectivity index (χ2v) is 19.0. The highest BCUT2D eigenvalue weighted by Crippen LogP contribution is 2.28. The number of quaternary nitrogens is 3. The molecule has 0 saturated carbocycles. The molecule has 19 nitrogen and oxygen atoms in total. The summed E-state index contributed by atoms with van der Waals surface area (Å²) in [7, 11) is 4.02. The lowest BCUT2D eigenvalue weighted by atomic mass is 9.81. The molecule has 1 fully saturated rings. The maximum absolute atomic E-state index is 12.7. The number of anilines is 1. The number of imidazole rings is 1. The molecule has 4 aromatic rings. The molecule has 2 heterocycles. The molecule has 0 aliphatic carbocycles. The van der Waals surface area contributed by atoms with Crippen molar-refractivity contribution in [3.8, 4) is 5.75 Å². The highest BCUT2D eigenvalue weighted by atomic mass is 19.2. The molecule has 450 valence electrons. The maximum atomic E-state index is 12.7. The number of nitrogens with two attached hydrogens (primary N) is 2. The molecule has 0 radical (unpaired) electrons. The zero-order valence-electron chi connectivity index (χ0n) is 46.7. The number of carboxylic acids is 4. The Morgan fingerprint density at radius 3 is 1.54 bits per heavy atom. The topological polar surface area (TPSA) is 328 Å². The van der Waals surface area contributed by atoms with Crippen LogP contribution in [0.3, 0.4) is 0 Å². The summed E-state index contributed by atoms with van der Waals surface area (Å²) in [5.41, 5.74) is 6.77. The summed E-state index contributed by atoms with van der Waals surface area (Å²) in [5, 5.41) is 49.7. The van der Waals surface area contributed by atoms with Crippen LogP contribution in [0.5, 0.6) is 5.75 Å². The van der Waals surface area contributed by atoms with Crippen LogP contribution in [0.25, 0.3) is 12.3 Å². The predicted octanol–water partition coefficient (Wildman–Crippen LogP) is 1.60. The Labute approximate surface area is 463 Å². The summed E-state index contributed by atoms with van der Waals surface area (Å²) in [5.74, 6) is -26.7. The summed E-state index contributed by atoms with van der Waals surface area (Å²) in [6, 6.07) is 7.93. The Kier molecular flexibility index (Phi) is 34.8. The average molecular weight is 1160 g/mol. The summed E-state index contributed by atoms with van der Waals surface area (Å²) in [6.07, 6.45) is 10.9. The van der Waals surface area contributed by atoms with Crippen molar-refractivity contribution in [3.05, 3.63) is 144 Å². The van der Waals surface area contributed by atoms with E-state index in [0.717, 1.165) is 37.6 Å². The number of carbonyl (C=O) groups is 6. The molecule has 5 rings (SSSR count). The van der Waals surface area contributed by atoms with Gasteiger partial charge in [0.25, 0.3) is 0 Å². The molecule has 0 atom stereocenters. The van der Waals surface area contributed by atoms with Crippen LogP contribution in [-0.4, -0.2) is 90.3 Å². The van der Waals surface area contributed by atoms with Crippen LogP contribution in [-0.2, 0) is 28.7 Å². The zero-order valence-corrected chi connectivity index (χ0v) is 46.7. The largest absolute Gasteiger partial charge is 0.870 e. The summed E-state index contributed by atoms with van der Waals surface area (Å²) >= 11 is 0. The summed E-state index contributed by atoms with van der Waals surface area (Å²) in [6.45, 7) is 31.8. The van der Waals surface area contributed by atoms with Gasteiger partial charge in [-0.05, 0) is 84.2 Å². The molecule has 1 aliphatic rings. The normalized spacial score (nSPS) is 12.3. The van der Waals surface area contributed by atoms with Gasteiger partial charge >= 0.3 is 17.9 Å². The van der Waals surface area contributed by atoms with E-state index in [4.69, 9.17) is 24.5 Å². The van der Waals surface area contributed by atoms with Crippen LogP contribution in [0.4, 0.5) is 46.5 Å². The van der Waals surface area contributed by atoms with Gasteiger partial charge in [-0.25, -0.2) is 59.1 Å². The standard InChI is InChI=1S/C13H23NO2.C8H15NO2.C8H9N.C7H3F4NO2.C7H2F4O3.C5H6N2.C4H8O2.C2H4O2/c1-9(2)11(15)16-10-7-12(3,4)14-13(5,6)8-10;1-7(2)8(10)11-6-5-9(3)4;1-2-7-3-5-8(9)6-4-7;8-2-1(7(13)14)3(9)5(11)6(12)4(2)10;8-2-1(7(13)14)6(12)5(11)4(10)3(2)9;1-2-7-4-3-6-5-7;1-3(2)4(5)6;1-2(3)4/h10,14H,1,7-8H2,2-6H3;1,5-6H2,2-4H3;2-6H,1,9H2;12H2,(H,13,14);12H,(H,13,14);2-5H,1H2;3H,1-2H3,(H,5,6);1H3,(H,3,4). The van der Waals surface area contributed by atoms with Gasteiger partial charge in [0.2, 0.25) is 6.33 Å². The minimum Gasteiger partial charge on any atom is -0.870 e. The third kappa shape index (κ3) is 30.5. The first-order valence-corrected chi connectivity index (χ1v) is 23.6. The Hall–Kier alpha value is -8.43. The summed E-state index contributed by atoms with van der Waals surface area (Å²) < 4.78 is 112. The van der Waals surface area contributed by atoms with E-state index in [1.165, 1.54) is 4.90 Å². The monoisotopic (exact) mass is 1160 g/mol. The second kappa shape index (κ2) is 36.7. The van der Waals surface area contributed by atoms with Gasteiger partial charge in [0.1, 0.15) is 43.0 Å². The molecule has 81 heavy (non-hydrogen) atoms. The van der Waals surface area contributed by atoms with Crippen molar-refractivity contribution in [2.75, 3.05) is 33.0 Å². The quantitative estimate of drug-likeness (QED) is 0.0237. The second-order valence-electron chi connectivity index (χ2n) is 19.0. The minimum absolute atomic E-state index is 0.0131. The third-order valence-electron chi connectivity index (χ3n) is 9.50. The van der Waals surface area contributed by atoms with E-state index < -0.39 is 93.0 Å². The summed E-state index contributed by atoms with van der Waals surface area (Å²) in [4.78, 5) is 65.2. The fourth-order valence-corrected chi connectivity index (χ4v) is 5.93. The van der Waals surface area contributed by atoms with E-state index in [1.54, 1.807) is 33.9 Å². The lowest BCUT2D eigenvalue weighted by Gasteiger charge is -2.42. The molecule has 1 aromatic heterocycles. The van der Waals surface area contributed by atoms with Crippen LogP contribution in [0.15, 0.2) is 80.4 Å². The number of esters is 2. The van der Waals surface area contributed by atoms with Gasteiger partial charge in [0, 0.05) is 35.9 Å². The van der Waals surface area contributed by atoms with Crippen molar-refractivity contribution in [3.63, 3.8) is 0 Å². The number of aliphatic carboxylic acids is 2. The van der Waals surface area contributed by atoms with Gasteiger partial charge < -0.3 is 71.1 Å². The van der Waals surface area contributed by atoms with Crippen molar-refractivity contribution >= 4 is 59.5 Å². The molecule has 27 heteroatoms. The van der Waals surface area contributed by atoms with Crippen molar-refractivity contribution in [2.24, 2.45) is 5.92 Å². The van der Waals surface area contributed by atoms with E-state index in [2.05, 4.69) is 75.8 Å². The number of ether oxygens (including phenoxy) is 2. The molecule has 10 N–H and O–H groups in total. The van der Waals surface area contributed by atoms with Crippen molar-refractivity contribution in [2.45, 2.75) is 92.3 Å². The number of piperidine rings is 1. The first-order valence-electron chi connectivity index (χ1n) is 23.6. The number of aromatic carboxylic acids is 2. The number of benzene rings is 3. The zero-order chi connectivity index (χ0) is 64.0. The molecule has 1 aliphatic heterocycles. The first kappa shape index (κ1) is 76.8. The van der Waals surface area contributed by atoms with Gasteiger partial charge in [-0.3, -0.25) is 0 Å². The van der Waals surface area contributed by atoms with Gasteiger partial charge in [-0.1, -0.05) is 52.0 Å². The number of aromatic amines is 1. The van der Waals surface area contributed by atoms with Crippen molar-refractivity contribution in [1.29, 1.82) is 0 Å². The average Bonchev–Trinajstić information content (AvgIpc) is 3.88. The van der Waals surface area contributed by atoms with E-state index in [9.17, 15) is 74.4 Å². The number of rotatable bonds is 11. The number of H-pyrrole nitrogens is 1. The van der Waals surface area contributed by atoms with Crippen LogP contribution in [0.2, 0.25) is 0 Å². The fourth-order valence-electron chi connectivity index (χ4n) is 5.93. The number of aromatic nitrogens is 2. The highest BCUT2D eigenvalue weighted by Gasteiger charge is 2.43. The maximum Gasteiger partial charge on any atom is 0.338 e. The molecular weight excluding hydrogens is 1090 g/mol. The van der Waals surface area contributed by atoms with E-state index in [0.29, 0.717) is 17.8 Å². The number of carbonyl (C=O) groups excluding carboxylic acids is 5. The molecule has 1 saturated heterocycles. The number of nitrogens with zero attached hydrogens (tertiary/aromatic N) is 1. The van der Waals surface area contributed by atoms with Crippen LogP contribution in [0, 0.1) is 52.5 Å². The Morgan fingerprint density at radius 1 is 0.802 bits per heavy atom. The van der Waals surface area contributed by atoms with Gasteiger partial charge in [0.15, 0.2) is 46.5 Å². The number of likely N-dealkylation sites (N-methyl/N-ethyl adjacent to an activating group) is 1. The van der Waals surface area contributed by atoms with Crippen LogP contribution in [0.1, 0.15) is 101 Å². The third-order valence-corrected chi connectivity index (χ3v) is 9.50. The van der Waals surface area contributed by atoms with Gasteiger partial charge in [-0.15, -0.1) is 0 Å². The Balaban J connectivity index is -0.000000883. The number of hydrogen-bond donors (Lipinski definition) is 6. The fraction of sp³-hybridized carbons (Fsp3) is 0.352. The molecule has 3 aromatic carbocycles. The van der Waals surface area contributed by atoms with Gasteiger partial charge in [0.05, 0.1) is 48.5 Å². The van der Waals surface area contributed by atoms with E-state index >= 15 is 0 Å². The number of carboxylic acid groups (broad SMARTS) is 4. The van der Waals surface area contributed by atoms with Gasteiger partial charge in [-0.2, -0.15) is 0 Å². The van der Waals surface area contributed by atoms with E-state index in [1.807, 2.05) is 67.7 Å². The smallest absolute Gasteiger partial charge is 0.338 e. The van der Waals surface area contributed by atoms with Crippen LogP contribution < -0.4 is 46.7 Å². The van der Waals surface area contributed by atoms with E-state index in [-0.39, 0.29) is 35.0 Å².